The molecule has 0 unspecified atom stereocenters. The molecular weight excluding hydrogens is 275 g/mol. The summed E-state index contributed by atoms with van der Waals surface area (Å²) in [5.41, 5.74) is 5.74. The van der Waals surface area contributed by atoms with E-state index in [9.17, 15) is 4.79 Å². The molecule has 0 spiro atoms. The molecule has 6 heteroatoms. The molecular formula is C12H16Cl2N2O2. The molecule has 1 aliphatic rings. The van der Waals surface area contributed by atoms with E-state index in [1.165, 1.54) is 0 Å². The molecule has 0 saturated carbocycles. The van der Waals surface area contributed by atoms with Gasteiger partial charge in [0.2, 0.25) is 0 Å². The minimum absolute atomic E-state index is 0. The Kier molecular flexibility index (Phi) is 5.72. The van der Waals surface area contributed by atoms with E-state index in [1.807, 2.05) is 0 Å². The van der Waals surface area contributed by atoms with Crippen LogP contribution in [0.5, 0.6) is 5.75 Å². The summed E-state index contributed by atoms with van der Waals surface area (Å²) in [7, 11) is 0. The first kappa shape index (κ1) is 15.1. The first-order valence-electron chi connectivity index (χ1n) is 5.57. The summed E-state index contributed by atoms with van der Waals surface area (Å²) in [5, 5.41) is 0.647. The number of benzene rings is 1. The van der Waals surface area contributed by atoms with Crippen molar-refractivity contribution in [1.29, 1.82) is 0 Å². The Labute approximate surface area is 117 Å². The molecule has 1 aliphatic heterocycles. The van der Waals surface area contributed by atoms with Crippen molar-refractivity contribution in [3.63, 3.8) is 0 Å². The monoisotopic (exact) mass is 290 g/mol. The Morgan fingerprint density at radius 3 is 2.67 bits per heavy atom. The van der Waals surface area contributed by atoms with Gasteiger partial charge in [-0.15, -0.1) is 12.4 Å². The largest absolute Gasteiger partial charge is 0.484 e. The summed E-state index contributed by atoms with van der Waals surface area (Å²) in [5.74, 6) is 0.624. The molecule has 0 bridgehead atoms. The van der Waals surface area contributed by atoms with E-state index in [-0.39, 0.29) is 31.0 Å². The van der Waals surface area contributed by atoms with Gasteiger partial charge >= 0.3 is 0 Å². The summed E-state index contributed by atoms with van der Waals surface area (Å²) in [4.78, 5) is 13.5. The Hall–Kier alpha value is -0.970. The SMILES string of the molecule is Cl.N[C@@H]1CCN(C(=O)COc2ccc(Cl)cc2)C1. The average molecular weight is 291 g/mol. The summed E-state index contributed by atoms with van der Waals surface area (Å²) in [6.45, 7) is 1.40. The van der Waals surface area contributed by atoms with Crippen LogP contribution >= 0.6 is 24.0 Å². The fourth-order valence-electron chi connectivity index (χ4n) is 1.78. The smallest absolute Gasteiger partial charge is 0.260 e. The highest BCUT2D eigenvalue weighted by molar-refractivity contribution is 6.30. The van der Waals surface area contributed by atoms with Gasteiger partial charge in [-0.3, -0.25) is 4.79 Å². The zero-order valence-electron chi connectivity index (χ0n) is 9.84. The molecule has 18 heavy (non-hydrogen) atoms. The third kappa shape index (κ3) is 4.05. The van der Waals surface area contributed by atoms with E-state index in [1.54, 1.807) is 29.2 Å². The summed E-state index contributed by atoms with van der Waals surface area (Å²) in [6, 6.07) is 7.05. The minimum Gasteiger partial charge on any atom is -0.484 e. The number of amides is 1. The number of carbonyl (C=O) groups is 1. The summed E-state index contributed by atoms with van der Waals surface area (Å²) < 4.78 is 5.38. The van der Waals surface area contributed by atoms with Crippen molar-refractivity contribution >= 4 is 29.9 Å². The topological polar surface area (TPSA) is 55.6 Å². The molecule has 0 aromatic heterocycles. The lowest BCUT2D eigenvalue weighted by Crippen LogP contribution is -2.35. The Morgan fingerprint density at radius 1 is 1.44 bits per heavy atom. The zero-order valence-corrected chi connectivity index (χ0v) is 11.4. The van der Waals surface area contributed by atoms with Crippen LogP contribution in [0.1, 0.15) is 6.42 Å². The number of ether oxygens (including phenoxy) is 1. The molecule has 100 valence electrons. The number of halogens is 2. The van der Waals surface area contributed by atoms with Gasteiger partial charge in [-0.25, -0.2) is 0 Å². The minimum atomic E-state index is -0.0205. The number of hydrogen-bond acceptors (Lipinski definition) is 3. The number of hydrogen-bond donors (Lipinski definition) is 1. The molecule has 1 aromatic rings. The molecule has 1 aromatic carbocycles. The van der Waals surface area contributed by atoms with Gasteiger partial charge in [-0.05, 0) is 30.7 Å². The number of nitrogens with zero attached hydrogens (tertiary/aromatic N) is 1. The van der Waals surface area contributed by atoms with Gasteiger partial charge in [0, 0.05) is 24.2 Å². The van der Waals surface area contributed by atoms with Crippen LogP contribution in [0.25, 0.3) is 0 Å². The quantitative estimate of drug-likeness (QED) is 0.922. The standard InChI is InChI=1S/C12H15ClN2O2.ClH/c13-9-1-3-11(4-2-9)17-8-12(16)15-6-5-10(14)7-15;/h1-4,10H,5-8,14H2;1H/t10-;/m1./s1. The second kappa shape index (κ2) is 6.83. The van der Waals surface area contributed by atoms with Gasteiger partial charge in [0.1, 0.15) is 5.75 Å². The molecule has 1 saturated heterocycles. The lowest BCUT2D eigenvalue weighted by atomic mass is 10.3. The number of carbonyl (C=O) groups excluding carboxylic acids is 1. The van der Waals surface area contributed by atoms with Crippen LogP contribution < -0.4 is 10.5 Å². The van der Waals surface area contributed by atoms with Crippen LogP contribution in [0.15, 0.2) is 24.3 Å². The van der Waals surface area contributed by atoms with Crippen molar-refractivity contribution in [3.8, 4) is 5.75 Å². The predicted molar refractivity (Wildman–Crippen MR) is 73.4 cm³/mol. The summed E-state index contributed by atoms with van der Waals surface area (Å²) >= 11 is 5.75. The maximum atomic E-state index is 11.8. The first-order valence-corrected chi connectivity index (χ1v) is 5.94. The summed E-state index contributed by atoms with van der Waals surface area (Å²) in [6.07, 6.45) is 0.868. The normalized spacial score (nSPS) is 18.3. The maximum Gasteiger partial charge on any atom is 0.260 e. The van der Waals surface area contributed by atoms with Crippen molar-refractivity contribution in [2.75, 3.05) is 19.7 Å². The van der Waals surface area contributed by atoms with Crippen molar-refractivity contribution in [1.82, 2.24) is 4.90 Å². The van der Waals surface area contributed by atoms with Gasteiger partial charge in [0.15, 0.2) is 6.61 Å². The highest BCUT2D eigenvalue weighted by Crippen LogP contribution is 2.16. The van der Waals surface area contributed by atoms with E-state index >= 15 is 0 Å². The van der Waals surface area contributed by atoms with Crippen LogP contribution in [-0.4, -0.2) is 36.5 Å². The molecule has 1 fully saturated rings. The van der Waals surface area contributed by atoms with Crippen LogP contribution in [0.4, 0.5) is 0 Å². The zero-order chi connectivity index (χ0) is 12.3. The predicted octanol–water partition coefficient (Wildman–Crippen LogP) is 1.70. The van der Waals surface area contributed by atoms with Crippen LogP contribution in [-0.2, 0) is 4.79 Å². The van der Waals surface area contributed by atoms with E-state index in [0.29, 0.717) is 17.3 Å². The van der Waals surface area contributed by atoms with E-state index in [2.05, 4.69) is 0 Å². The number of nitrogens with two attached hydrogens (primary N) is 1. The highest BCUT2D eigenvalue weighted by atomic mass is 35.5. The van der Waals surface area contributed by atoms with Gasteiger partial charge in [-0.1, -0.05) is 11.6 Å². The molecule has 1 amide bonds. The third-order valence-corrected chi connectivity index (χ3v) is 3.01. The molecule has 2 N–H and O–H groups in total. The average Bonchev–Trinajstić information content (AvgIpc) is 2.75. The maximum absolute atomic E-state index is 11.8. The number of rotatable bonds is 3. The third-order valence-electron chi connectivity index (χ3n) is 2.75. The molecule has 1 heterocycles. The van der Waals surface area contributed by atoms with Crippen LogP contribution in [0.3, 0.4) is 0 Å². The lowest BCUT2D eigenvalue weighted by Gasteiger charge is -2.16. The van der Waals surface area contributed by atoms with E-state index < -0.39 is 0 Å². The lowest BCUT2D eigenvalue weighted by molar-refractivity contribution is -0.132. The van der Waals surface area contributed by atoms with Gasteiger partial charge in [0.25, 0.3) is 5.91 Å². The molecule has 0 radical (unpaired) electrons. The van der Waals surface area contributed by atoms with Crippen molar-refractivity contribution in [2.24, 2.45) is 5.73 Å². The van der Waals surface area contributed by atoms with Crippen molar-refractivity contribution in [2.45, 2.75) is 12.5 Å². The fourth-order valence-corrected chi connectivity index (χ4v) is 1.91. The number of likely N-dealkylation sites (tertiary alicyclic amines) is 1. The molecule has 4 nitrogen and oxygen atoms in total. The van der Waals surface area contributed by atoms with E-state index in [4.69, 9.17) is 22.1 Å². The molecule has 2 rings (SSSR count). The Bertz CT molecular complexity index is 398. The Balaban J connectivity index is 0.00000162. The highest BCUT2D eigenvalue weighted by Gasteiger charge is 2.23. The Morgan fingerprint density at radius 2 is 2.11 bits per heavy atom. The van der Waals surface area contributed by atoms with Crippen LogP contribution in [0, 0.1) is 0 Å². The second-order valence-corrected chi connectivity index (χ2v) is 4.57. The van der Waals surface area contributed by atoms with Gasteiger partial charge in [-0.2, -0.15) is 0 Å². The van der Waals surface area contributed by atoms with Crippen molar-refractivity contribution < 1.29 is 9.53 Å². The first-order chi connectivity index (χ1) is 8.15. The molecule has 1 atom stereocenters. The fraction of sp³-hybridized carbons (Fsp3) is 0.417. The van der Waals surface area contributed by atoms with E-state index in [0.717, 1.165) is 13.0 Å². The van der Waals surface area contributed by atoms with Gasteiger partial charge < -0.3 is 15.4 Å². The van der Waals surface area contributed by atoms with Gasteiger partial charge in [0.05, 0.1) is 0 Å². The van der Waals surface area contributed by atoms with Crippen LogP contribution in [0.2, 0.25) is 5.02 Å². The molecule has 0 aliphatic carbocycles. The van der Waals surface area contributed by atoms with Crippen molar-refractivity contribution in [3.05, 3.63) is 29.3 Å². The second-order valence-electron chi connectivity index (χ2n) is 4.13.